The SMILES string of the molecule is CCCNc1nc(Cc2cccc(C(F)(F)F)c2)no1. The summed E-state index contributed by atoms with van der Waals surface area (Å²) < 4.78 is 42.7. The molecular formula is C13H14F3N3O. The van der Waals surface area contributed by atoms with Gasteiger partial charge in [0.2, 0.25) is 0 Å². The van der Waals surface area contributed by atoms with Crippen LogP contribution in [0.2, 0.25) is 0 Å². The Kier molecular flexibility index (Phi) is 4.26. The summed E-state index contributed by atoms with van der Waals surface area (Å²) in [5.74, 6) is 0.350. The van der Waals surface area contributed by atoms with Crippen LogP contribution in [0.25, 0.3) is 0 Å². The molecule has 108 valence electrons. The van der Waals surface area contributed by atoms with Crippen LogP contribution in [0.5, 0.6) is 0 Å². The standard InChI is InChI=1S/C13H14F3N3O/c1-2-6-17-12-18-11(19-20-12)8-9-4-3-5-10(7-9)13(14,15)16/h3-5,7H,2,6,8H2,1H3,(H,17,18,19). The molecule has 20 heavy (non-hydrogen) atoms. The maximum Gasteiger partial charge on any atom is 0.416 e. The summed E-state index contributed by atoms with van der Waals surface area (Å²) >= 11 is 0. The van der Waals surface area contributed by atoms with Crippen molar-refractivity contribution < 1.29 is 17.7 Å². The van der Waals surface area contributed by atoms with Gasteiger partial charge < -0.3 is 9.84 Å². The largest absolute Gasteiger partial charge is 0.416 e. The van der Waals surface area contributed by atoms with Gasteiger partial charge in [0.15, 0.2) is 5.82 Å². The molecule has 1 aromatic heterocycles. The number of nitrogens with one attached hydrogen (secondary N) is 1. The van der Waals surface area contributed by atoms with Crippen molar-refractivity contribution >= 4 is 6.01 Å². The first-order valence-corrected chi connectivity index (χ1v) is 6.21. The van der Waals surface area contributed by atoms with E-state index in [1.165, 1.54) is 6.07 Å². The van der Waals surface area contributed by atoms with E-state index in [9.17, 15) is 13.2 Å². The van der Waals surface area contributed by atoms with Gasteiger partial charge >= 0.3 is 12.2 Å². The Labute approximate surface area is 114 Å². The molecule has 0 aliphatic heterocycles. The van der Waals surface area contributed by atoms with Crippen LogP contribution in [0.3, 0.4) is 0 Å². The highest BCUT2D eigenvalue weighted by atomic mass is 19.4. The second-order valence-corrected chi connectivity index (χ2v) is 4.32. The molecule has 0 aliphatic carbocycles. The molecule has 0 radical (unpaired) electrons. The number of alkyl halides is 3. The van der Waals surface area contributed by atoms with Crippen molar-refractivity contribution in [1.82, 2.24) is 10.1 Å². The zero-order valence-corrected chi connectivity index (χ0v) is 10.9. The van der Waals surface area contributed by atoms with Crippen LogP contribution >= 0.6 is 0 Å². The Balaban J connectivity index is 2.08. The number of hydrogen-bond donors (Lipinski definition) is 1. The molecule has 1 N–H and O–H groups in total. The fourth-order valence-corrected chi connectivity index (χ4v) is 1.67. The monoisotopic (exact) mass is 285 g/mol. The van der Waals surface area contributed by atoms with E-state index in [0.717, 1.165) is 18.6 Å². The van der Waals surface area contributed by atoms with Gasteiger partial charge in [-0.15, -0.1) is 0 Å². The van der Waals surface area contributed by atoms with Gasteiger partial charge in [-0.2, -0.15) is 18.2 Å². The average molecular weight is 285 g/mol. The third kappa shape index (κ3) is 3.72. The van der Waals surface area contributed by atoms with Gasteiger partial charge in [-0.25, -0.2) is 0 Å². The fraction of sp³-hybridized carbons (Fsp3) is 0.385. The Morgan fingerprint density at radius 1 is 1.30 bits per heavy atom. The van der Waals surface area contributed by atoms with Gasteiger partial charge in [0.25, 0.3) is 0 Å². The van der Waals surface area contributed by atoms with Crippen LogP contribution in [-0.2, 0) is 12.6 Å². The summed E-state index contributed by atoms with van der Waals surface area (Å²) in [6.07, 6.45) is -3.24. The lowest BCUT2D eigenvalue weighted by atomic mass is 10.1. The van der Waals surface area contributed by atoms with Gasteiger partial charge in [-0.05, 0) is 18.1 Å². The number of halogens is 3. The molecule has 7 heteroatoms. The summed E-state index contributed by atoms with van der Waals surface area (Å²) in [5.41, 5.74) is -0.189. The molecular weight excluding hydrogens is 271 g/mol. The van der Waals surface area contributed by atoms with Gasteiger partial charge in [-0.3, -0.25) is 0 Å². The van der Waals surface area contributed by atoms with Crippen LogP contribution in [0.15, 0.2) is 28.8 Å². The molecule has 0 unspecified atom stereocenters. The minimum absolute atomic E-state index is 0.196. The summed E-state index contributed by atoms with van der Waals surface area (Å²) in [7, 11) is 0. The third-order valence-corrected chi connectivity index (χ3v) is 2.61. The number of anilines is 1. The molecule has 4 nitrogen and oxygen atoms in total. The Morgan fingerprint density at radius 3 is 2.80 bits per heavy atom. The average Bonchev–Trinajstić information content (AvgIpc) is 2.83. The highest BCUT2D eigenvalue weighted by Gasteiger charge is 2.30. The maximum atomic E-state index is 12.6. The molecule has 0 aliphatic rings. The van der Waals surface area contributed by atoms with Gasteiger partial charge in [0, 0.05) is 13.0 Å². The van der Waals surface area contributed by atoms with Crippen LogP contribution in [0.4, 0.5) is 19.2 Å². The van der Waals surface area contributed by atoms with Crippen LogP contribution < -0.4 is 5.32 Å². The van der Waals surface area contributed by atoms with E-state index in [2.05, 4.69) is 15.5 Å². The van der Waals surface area contributed by atoms with Crippen molar-refractivity contribution in [2.45, 2.75) is 25.9 Å². The third-order valence-electron chi connectivity index (χ3n) is 2.61. The van der Waals surface area contributed by atoms with E-state index in [0.29, 0.717) is 17.9 Å². The zero-order valence-electron chi connectivity index (χ0n) is 10.9. The minimum Gasteiger partial charge on any atom is -0.338 e. The topological polar surface area (TPSA) is 51.0 Å². The number of aromatic nitrogens is 2. The molecule has 2 aromatic rings. The second kappa shape index (κ2) is 5.94. The number of nitrogens with zero attached hydrogens (tertiary/aromatic N) is 2. The number of rotatable bonds is 5. The van der Waals surface area contributed by atoms with E-state index in [4.69, 9.17) is 4.52 Å². The molecule has 0 saturated heterocycles. The molecule has 1 heterocycles. The summed E-state index contributed by atoms with van der Waals surface area (Å²) in [6, 6.07) is 5.39. The minimum atomic E-state index is -4.35. The molecule has 0 fully saturated rings. The van der Waals surface area contributed by atoms with E-state index >= 15 is 0 Å². The van der Waals surface area contributed by atoms with Gasteiger partial charge in [-0.1, -0.05) is 30.3 Å². The summed E-state index contributed by atoms with van der Waals surface area (Å²) in [5, 5.41) is 6.64. The lowest BCUT2D eigenvalue weighted by Gasteiger charge is -2.07. The number of benzene rings is 1. The Morgan fingerprint density at radius 2 is 2.10 bits per heavy atom. The quantitative estimate of drug-likeness (QED) is 0.913. The Hall–Kier alpha value is -2.05. The summed E-state index contributed by atoms with van der Waals surface area (Å²) in [6.45, 7) is 2.69. The molecule has 0 saturated carbocycles. The van der Waals surface area contributed by atoms with Crippen molar-refractivity contribution in [3.8, 4) is 0 Å². The van der Waals surface area contributed by atoms with Crippen molar-refractivity contribution in [2.75, 3.05) is 11.9 Å². The molecule has 1 aromatic carbocycles. The molecule has 0 bridgehead atoms. The first-order valence-electron chi connectivity index (χ1n) is 6.21. The molecule has 0 amide bonds. The lowest BCUT2D eigenvalue weighted by molar-refractivity contribution is -0.137. The molecule has 0 spiro atoms. The smallest absolute Gasteiger partial charge is 0.338 e. The zero-order chi connectivity index (χ0) is 14.6. The first kappa shape index (κ1) is 14.4. The predicted molar refractivity (Wildman–Crippen MR) is 67.3 cm³/mol. The highest BCUT2D eigenvalue weighted by Crippen LogP contribution is 2.29. The maximum absolute atomic E-state index is 12.6. The van der Waals surface area contributed by atoms with Crippen LogP contribution in [0, 0.1) is 0 Å². The lowest BCUT2D eigenvalue weighted by Crippen LogP contribution is -2.05. The van der Waals surface area contributed by atoms with Crippen molar-refractivity contribution in [1.29, 1.82) is 0 Å². The van der Waals surface area contributed by atoms with E-state index in [1.807, 2.05) is 6.92 Å². The van der Waals surface area contributed by atoms with Crippen molar-refractivity contribution in [2.24, 2.45) is 0 Å². The van der Waals surface area contributed by atoms with Gasteiger partial charge in [0.05, 0.1) is 5.56 Å². The first-order chi connectivity index (χ1) is 9.49. The van der Waals surface area contributed by atoms with Crippen molar-refractivity contribution in [3.63, 3.8) is 0 Å². The molecule has 2 rings (SSSR count). The fourth-order valence-electron chi connectivity index (χ4n) is 1.67. The normalized spacial score (nSPS) is 11.6. The van der Waals surface area contributed by atoms with E-state index in [-0.39, 0.29) is 12.4 Å². The summed E-state index contributed by atoms with van der Waals surface area (Å²) in [4.78, 5) is 4.06. The van der Waals surface area contributed by atoms with Crippen LogP contribution in [0.1, 0.15) is 30.3 Å². The highest BCUT2D eigenvalue weighted by molar-refractivity contribution is 5.28. The van der Waals surface area contributed by atoms with E-state index in [1.54, 1.807) is 6.07 Å². The molecule has 0 atom stereocenters. The predicted octanol–water partition coefficient (Wildman–Crippen LogP) is 3.50. The Bertz CT molecular complexity index is 566. The second-order valence-electron chi connectivity index (χ2n) is 4.32. The van der Waals surface area contributed by atoms with Gasteiger partial charge in [0.1, 0.15) is 0 Å². The number of hydrogen-bond acceptors (Lipinski definition) is 4. The van der Waals surface area contributed by atoms with Crippen molar-refractivity contribution in [3.05, 3.63) is 41.2 Å². The van der Waals surface area contributed by atoms with E-state index < -0.39 is 11.7 Å². The van der Waals surface area contributed by atoms with Crippen LogP contribution in [-0.4, -0.2) is 16.7 Å².